The Morgan fingerprint density at radius 2 is 1.96 bits per heavy atom. The highest BCUT2D eigenvalue weighted by molar-refractivity contribution is 9.11. The lowest BCUT2D eigenvalue weighted by molar-refractivity contribution is -0.141. The molecule has 6 nitrogen and oxygen atoms in total. The maximum Gasteiger partial charge on any atom is 0.311 e. The Morgan fingerprint density at radius 3 is 2.69 bits per heavy atom. The van der Waals surface area contributed by atoms with Gasteiger partial charge in [0.2, 0.25) is 0 Å². The molecule has 2 aromatic carbocycles. The van der Waals surface area contributed by atoms with Gasteiger partial charge < -0.3 is 9.47 Å². The van der Waals surface area contributed by atoms with Crippen LogP contribution in [0.4, 0.5) is 0 Å². The maximum absolute atomic E-state index is 11.9. The minimum absolute atomic E-state index is 0.0285. The third kappa shape index (κ3) is 5.81. The molecule has 1 N–H and O–H groups in total. The summed E-state index contributed by atoms with van der Waals surface area (Å²) in [6.07, 6.45) is 0.0285. The molecule has 1 amide bonds. The number of rotatable bonds is 7. The van der Waals surface area contributed by atoms with Crippen molar-refractivity contribution in [3.63, 3.8) is 0 Å². The predicted octanol–water partition coefficient (Wildman–Crippen LogP) is 4.19. The Labute approximate surface area is 168 Å². The minimum atomic E-state index is -0.420. The smallest absolute Gasteiger partial charge is 0.311 e. The molecule has 0 unspecified atom stereocenters. The van der Waals surface area contributed by atoms with Gasteiger partial charge in [-0.05, 0) is 58.7 Å². The van der Waals surface area contributed by atoms with Gasteiger partial charge in [-0.2, -0.15) is 5.10 Å². The molecule has 0 aromatic heterocycles. The van der Waals surface area contributed by atoms with Crippen LogP contribution in [0.3, 0.4) is 0 Å². The minimum Gasteiger partial charge on any atom is -0.483 e. The number of benzene rings is 2. The van der Waals surface area contributed by atoms with Crippen molar-refractivity contribution in [2.45, 2.75) is 20.3 Å². The van der Waals surface area contributed by atoms with Gasteiger partial charge in [-0.15, -0.1) is 0 Å². The van der Waals surface area contributed by atoms with Crippen molar-refractivity contribution in [3.05, 3.63) is 39.3 Å². The Bertz CT molecular complexity index is 852. The summed E-state index contributed by atoms with van der Waals surface area (Å²) in [6.45, 7) is 3.48. The van der Waals surface area contributed by atoms with E-state index >= 15 is 0 Å². The summed E-state index contributed by atoms with van der Waals surface area (Å²) in [5.74, 6) is -0.246. The molecule has 2 aromatic rings. The maximum atomic E-state index is 11.9. The van der Waals surface area contributed by atoms with Gasteiger partial charge in [-0.1, -0.05) is 28.1 Å². The highest BCUT2D eigenvalue weighted by Crippen LogP contribution is 2.34. The number of halogens is 2. The van der Waals surface area contributed by atoms with E-state index in [1.807, 2.05) is 24.3 Å². The summed E-state index contributed by atoms with van der Waals surface area (Å²) in [4.78, 5) is 23.2. The van der Waals surface area contributed by atoms with Crippen molar-refractivity contribution >= 4 is 60.2 Å². The van der Waals surface area contributed by atoms with Crippen molar-refractivity contribution in [1.29, 1.82) is 0 Å². The number of hydrazone groups is 1. The van der Waals surface area contributed by atoms with Crippen LogP contribution in [-0.4, -0.2) is 30.8 Å². The van der Waals surface area contributed by atoms with Crippen molar-refractivity contribution < 1.29 is 19.1 Å². The van der Waals surface area contributed by atoms with Gasteiger partial charge in [-0.3, -0.25) is 9.59 Å². The fourth-order valence-corrected chi connectivity index (χ4v) is 3.13. The average Bonchev–Trinajstić information content (AvgIpc) is 2.59. The molecule has 0 bridgehead atoms. The molecule has 0 aliphatic carbocycles. The van der Waals surface area contributed by atoms with Crippen LogP contribution in [0, 0.1) is 0 Å². The van der Waals surface area contributed by atoms with E-state index < -0.39 is 5.91 Å². The Hall–Kier alpha value is -1.93. The summed E-state index contributed by atoms with van der Waals surface area (Å²) >= 11 is 6.95. The monoisotopic (exact) mass is 484 g/mol. The molecule has 0 heterocycles. The van der Waals surface area contributed by atoms with Crippen LogP contribution in [0.25, 0.3) is 10.8 Å². The first-order valence-electron chi connectivity index (χ1n) is 7.89. The van der Waals surface area contributed by atoms with Gasteiger partial charge in [0.05, 0.1) is 17.5 Å². The van der Waals surface area contributed by atoms with E-state index in [2.05, 4.69) is 42.4 Å². The standard InChI is InChI=1S/C18H18Br2N2O4/c1-3-25-17(24)8-11(2)21-22-16(23)10-26-15-7-4-12-9-13(19)5-6-14(12)18(15)20/h4-7,9H,3,8,10H2,1-2H3,(H,22,23)/b21-11+. The number of ether oxygens (including phenoxy) is 2. The quantitative estimate of drug-likeness (QED) is 0.362. The number of esters is 1. The van der Waals surface area contributed by atoms with Gasteiger partial charge >= 0.3 is 5.97 Å². The summed E-state index contributed by atoms with van der Waals surface area (Å²) in [5.41, 5.74) is 2.81. The van der Waals surface area contributed by atoms with Gasteiger partial charge in [-0.25, -0.2) is 5.43 Å². The number of nitrogens with one attached hydrogen (secondary N) is 1. The van der Waals surface area contributed by atoms with Crippen LogP contribution in [0.15, 0.2) is 44.4 Å². The number of carbonyl (C=O) groups is 2. The molecule has 0 radical (unpaired) electrons. The third-order valence-corrected chi connectivity index (χ3v) is 4.63. The number of fused-ring (bicyclic) bond motifs is 1. The zero-order valence-corrected chi connectivity index (χ0v) is 17.5. The van der Waals surface area contributed by atoms with E-state index in [9.17, 15) is 9.59 Å². The second-order valence-corrected chi connectivity index (χ2v) is 7.10. The Balaban J connectivity index is 1.93. The molecule has 0 aliphatic heterocycles. The van der Waals surface area contributed by atoms with Crippen LogP contribution in [0.5, 0.6) is 5.75 Å². The largest absolute Gasteiger partial charge is 0.483 e. The predicted molar refractivity (Wildman–Crippen MR) is 107 cm³/mol. The fourth-order valence-electron chi connectivity index (χ4n) is 2.15. The lowest BCUT2D eigenvalue weighted by Crippen LogP contribution is -2.26. The topological polar surface area (TPSA) is 77.0 Å². The zero-order valence-electron chi connectivity index (χ0n) is 14.3. The number of hydrogen-bond donors (Lipinski definition) is 1. The molecular weight excluding hydrogens is 468 g/mol. The summed E-state index contributed by atoms with van der Waals surface area (Å²) in [5, 5.41) is 5.88. The number of nitrogens with zero attached hydrogens (tertiary/aromatic N) is 1. The van der Waals surface area contributed by atoms with Gasteiger partial charge in [0.15, 0.2) is 6.61 Å². The normalized spacial score (nSPS) is 11.3. The summed E-state index contributed by atoms with van der Waals surface area (Å²) < 4.78 is 12.1. The number of carbonyl (C=O) groups excluding carboxylic acids is 2. The highest BCUT2D eigenvalue weighted by Gasteiger charge is 2.10. The fraction of sp³-hybridized carbons (Fsp3) is 0.278. The third-order valence-electron chi connectivity index (χ3n) is 3.32. The van der Waals surface area contributed by atoms with E-state index in [4.69, 9.17) is 9.47 Å². The molecule has 0 saturated heterocycles. The van der Waals surface area contributed by atoms with E-state index in [0.29, 0.717) is 18.1 Å². The summed E-state index contributed by atoms with van der Waals surface area (Å²) in [6, 6.07) is 9.60. The zero-order chi connectivity index (χ0) is 19.1. The Kier molecular flexibility index (Phi) is 7.59. The molecule has 0 atom stereocenters. The molecule has 0 spiro atoms. The van der Waals surface area contributed by atoms with Crippen LogP contribution in [0.2, 0.25) is 0 Å². The molecule has 26 heavy (non-hydrogen) atoms. The molecule has 0 fully saturated rings. The van der Waals surface area contributed by atoms with Gasteiger partial charge in [0.25, 0.3) is 5.91 Å². The van der Waals surface area contributed by atoms with E-state index in [0.717, 1.165) is 19.7 Å². The summed E-state index contributed by atoms with van der Waals surface area (Å²) in [7, 11) is 0. The van der Waals surface area contributed by atoms with Gasteiger partial charge in [0, 0.05) is 10.2 Å². The Morgan fingerprint density at radius 1 is 1.19 bits per heavy atom. The van der Waals surface area contributed by atoms with Crippen LogP contribution < -0.4 is 10.2 Å². The number of amides is 1. The lowest BCUT2D eigenvalue weighted by atomic mass is 10.1. The first-order chi connectivity index (χ1) is 12.4. The first-order valence-corrected chi connectivity index (χ1v) is 9.47. The average molecular weight is 486 g/mol. The molecule has 0 saturated carbocycles. The van der Waals surface area contributed by atoms with Crippen molar-refractivity contribution in [1.82, 2.24) is 5.43 Å². The molecule has 0 aliphatic rings. The van der Waals surface area contributed by atoms with E-state index in [1.165, 1.54) is 0 Å². The molecule has 2 rings (SSSR count). The van der Waals surface area contributed by atoms with E-state index in [-0.39, 0.29) is 19.0 Å². The molecular formula is C18H18Br2N2O4. The van der Waals surface area contributed by atoms with Crippen LogP contribution >= 0.6 is 31.9 Å². The van der Waals surface area contributed by atoms with Crippen molar-refractivity contribution in [3.8, 4) is 5.75 Å². The molecule has 8 heteroatoms. The molecule has 138 valence electrons. The second-order valence-electron chi connectivity index (χ2n) is 5.40. The SMILES string of the molecule is CCOC(=O)C/C(C)=N/NC(=O)COc1ccc2cc(Br)ccc2c1Br. The highest BCUT2D eigenvalue weighted by atomic mass is 79.9. The van der Waals surface area contributed by atoms with Gasteiger partial charge in [0.1, 0.15) is 5.75 Å². The van der Waals surface area contributed by atoms with Crippen molar-refractivity contribution in [2.75, 3.05) is 13.2 Å². The van der Waals surface area contributed by atoms with E-state index in [1.54, 1.807) is 19.9 Å². The van der Waals surface area contributed by atoms with Crippen LogP contribution in [-0.2, 0) is 14.3 Å². The van der Waals surface area contributed by atoms with Crippen molar-refractivity contribution in [2.24, 2.45) is 5.10 Å². The second kappa shape index (κ2) is 9.68. The lowest BCUT2D eigenvalue weighted by Gasteiger charge is -2.10. The first kappa shape index (κ1) is 20.4. The van der Waals surface area contributed by atoms with Crippen LogP contribution in [0.1, 0.15) is 20.3 Å². The number of hydrogen-bond acceptors (Lipinski definition) is 5.